The number of para-hydroxylation sites is 1. The van der Waals surface area contributed by atoms with Gasteiger partial charge in [-0.05, 0) is 26.0 Å². The van der Waals surface area contributed by atoms with Crippen molar-refractivity contribution in [1.29, 1.82) is 0 Å². The van der Waals surface area contributed by atoms with Crippen molar-refractivity contribution in [3.63, 3.8) is 0 Å². The summed E-state index contributed by atoms with van der Waals surface area (Å²) >= 11 is 6.06. The number of nitrogens with two attached hydrogens (primary N) is 1. The maximum atomic E-state index is 14.3. The lowest BCUT2D eigenvalue weighted by Gasteiger charge is -2.11. The number of imidazole rings is 2. The molecule has 2 amide bonds. The molecule has 3 rings (SSSR count). The van der Waals surface area contributed by atoms with Crippen LogP contribution in [0.2, 0.25) is 5.02 Å². The van der Waals surface area contributed by atoms with Gasteiger partial charge in [0, 0.05) is 5.69 Å². The molecule has 0 aliphatic rings. The van der Waals surface area contributed by atoms with E-state index in [-0.39, 0.29) is 28.0 Å². The zero-order chi connectivity index (χ0) is 19.0. The van der Waals surface area contributed by atoms with Gasteiger partial charge in [0.1, 0.15) is 23.5 Å². The molecule has 0 saturated heterocycles. The monoisotopic (exact) mass is 376 g/mol. The zero-order valence-electron chi connectivity index (χ0n) is 13.8. The molecule has 26 heavy (non-hydrogen) atoms. The SMILES string of the molecule is Cc1nc(NC(=O)c2c(C(N)=O)ncn2-c2c(F)cccc2Cl)[nH]c1C. The first kappa shape index (κ1) is 17.6. The van der Waals surface area contributed by atoms with Gasteiger partial charge in [0.05, 0.1) is 10.7 Å². The highest BCUT2D eigenvalue weighted by molar-refractivity contribution is 6.32. The molecule has 134 valence electrons. The molecule has 8 nitrogen and oxygen atoms in total. The molecule has 0 bridgehead atoms. The quantitative estimate of drug-likeness (QED) is 0.647. The molecule has 0 radical (unpaired) electrons. The van der Waals surface area contributed by atoms with E-state index in [1.807, 2.05) is 0 Å². The summed E-state index contributed by atoms with van der Waals surface area (Å²) in [5, 5.41) is 2.55. The van der Waals surface area contributed by atoms with E-state index in [9.17, 15) is 14.0 Å². The minimum atomic E-state index is -0.937. The maximum absolute atomic E-state index is 14.3. The highest BCUT2D eigenvalue weighted by Crippen LogP contribution is 2.26. The second kappa shape index (κ2) is 6.60. The first-order valence-electron chi connectivity index (χ1n) is 7.45. The number of amides is 2. The number of benzene rings is 1. The third-order valence-corrected chi connectivity index (χ3v) is 4.06. The molecule has 3 aromatic rings. The van der Waals surface area contributed by atoms with Gasteiger partial charge in [-0.25, -0.2) is 14.4 Å². The fourth-order valence-electron chi connectivity index (χ4n) is 2.41. The van der Waals surface area contributed by atoms with Crippen LogP contribution < -0.4 is 11.1 Å². The number of primary amides is 1. The van der Waals surface area contributed by atoms with E-state index in [2.05, 4.69) is 20.3 Å². The van der Waals surface area contributed by atoms with Crippen molar-refractivity contribution in [2.75, 3.05) is 5.32 Å². The second-order valence-electron chi connectivity index (χ2n) is 5.50. The Morgan fingerprint density at radius 3 is 2.65 bits per heavy atom. The number of aromatic amines is 1. The Morgan fingerprint density at radius 2 is 2.08 bits per heavy atom. The van der Waals surface area contributed by atoms with E-state index in [0.717, 1.165) is 16.6 Å². The maximum Gasteiger partial charge on any atom is 0.277 e. The van der Waals surface area contributed by atoms with E-state index >= 15 is 0 Å². The molecular weight excluding hydrogens is 363 g/mol. The van der Waals surface area contributed by atoms with Crippen LogP contribution in [-0.4, -0.2) is 31.3 Å². The van der Waals surface area contributed by atoms with Crippen LogP contribution in [0.15, 0.2) is 24.5 Å². The van der Waals surface area contributed by atoms with E-state index in [4.69, 9.17) is 17.3 Å². The van der Waals surface area contributed by atoms with Gasteiger partial charge < -0.3 is 10.7 Å². The Morgan fingerprint density at radius 1 is 1.35 bits per heavy atom. The molecular formula is C16H14ClFN6O2. The molecule has 0 aliphatic heterocycles. The summed E-state index contributed by atoms with van der Waals surface area (Å²) in [4.78, 5) is 35.2. The topological polar surface area (TPSA) is 119 Å². The highest BCUT2D eigenvalue weighted by atomic mass is 35.5. The molecule has 2 heterocycles. The Balaban J connectivity index is 2.11. The summed E-state index contributed by atoms with van der Waals surface area (Å²) in [5.41, 5.74) is 6.07. The van der Waals surface area contributed by atoms with Crippen LogP contribution in [0.4, 0.5) is 10.3 Å². The molecule has 0 spiro atoms. The highest BCUT2D eigenvalue weighted by Gasteiger charge is 2.26. The fourth-order valence-corrected chi connectivity index (χ4v) is 2.66. The Kier molecular flexibility index (Phi) is 4.47. The zero-order valence-corrected chi connectivity index (χ0v) is 14.6. The Labute approximate surface area is 152 Å². The number of halogens is 2. The number of H-pyrrole nitrogens is 1. The van der Waals surface area contributed by atoms with Crippen LogP contribution in [0.3, 0.4) is 0 Å². The predicted octanol–water partition coefficient (Wildman–Crippen LogP) is 2.36. The first-order valence-corrected chi connectivity index (χ1v) is 7.83. The second-order valence-corrected chi connectivity index (χ2v) is 5.90. The van der Waals surface area contributed by atoms with Crippen molar-refractivity contribution in [3.8, 4) is 5.69 Å². The van der Waals surface area contributed by atoms with Gasteiger partial charge in [-0.1, -0.05) is 17.7 Å². The molecule has 0 atom stereocenters. The van der Waals surface area contributed by atoms with E-state index in [0.29, 0.717) is 5.69 Å². The van der Waals surface area contributed by atoms with Gasteiger partial charge in [0.15, 0.2) is 5.69 Å². The lowest BCUT2D eigenvalue weighted by molar-refractivity contribution is 0.0970. The number of nitrogens with zero attached hydrogens (tertiary/aromatic N) is 3. The lowest BCUT2D eigenvalue weighted by atomic mass is 10.2. The molecule has 0 saturated carbocycles. The van der Waals surface area contributed by atoms with Crippen molar-refractivity contribution >= 4 is 29.4 Å². The summed E-state index contributed by atoms with van der Waals surface area (Å²) in [6.07, 6.45) is 1.11. The van der Waals surface area contributed by atoms with Gasteiger partial charge in [-0.15, -0.1) is 0 Å². The van der Waals surface area contributed by atoms with E-state index in [1.54, 1.807) is 13.8 Å². The molecule has 2 aromatic heterocycles. The van der Waals surface area contributed by atoms with Crippen molar-refractivity contribution in [2.24, 2.45) is 5.73 Å². The van der Waals surface area contributed by atoms with Crippen LogP contribution in [0.25, 0.3) is 5.69 Å². The smallest absolute Gasteiger partial charge is 0.277 e. The third-order valence-electron chi connectivity index (χ3n) is 3.75. The van der Waals surface area contributed by atoms with E-state index in [1.165, 1.54) is 18.2 Å². The summed E-state index contributed by atoms with van der Waals surface area (Å²) in [7, 11) is 0. The molecule has 4 N–H and O–H groups in total. The molecule has 1 aromatic carbocycles. The number of carbonyl (C=O) groups is 2. The number of aryl methyl sites for hydroxylation is 2. The number of carbonyl (C=O) groups excluding carboxylic acids is 2. The lowest BCUT2D eigenvalue weighted by Crippen LogP contribution is -2.23. The van der Waals surface area contributed by atoms with Crippen LogP contribution in [0, 0.1) is 19.7 Å². The molecule has 0 fully saturated rings. The van der Waals surface area contributed by atoms with Crippen molar-refractivity contribution < 1.29 is 14.0 Å². The average molecular weight is 377 g/mol. The average Bonchev–Trinajstić information content (AvgIpc) is 3.11. The summed E-state index contributed by atoms with van der Waals surface area (Å²) in [5.74, 6) is -2.20. The Hall–Kier alpha value is -3.20. The normalized spacial score (nSPS) is 10.8. The largest absolute Gasteiger partial charge is 0.364 e. The number of rotatable bonds is 4. The van der Waals surface area contributed by atoms with Crippen LogP contribution in [-0.2, 0) is 0 Å². The van der Waals surface area contributed by atoms with Crippen molar-refractivity contribution in [1.82, 2.24) is 19.5 Å². The van der Waals surface area contributed by atoms with Crippen LogP contribution in [0.5, 0.6) is 0 Å². The summed E-state index contributed by atoms with van der Waals surface area (Å²) in [6, 6.07) is 4.04. The number of hydrogen-bond donors (Lipinski definition) is 3. The molecule has 0 aliphatic carbocycles. The van der Waals surface area contributed by atoms with Gasteiger partial charge in [-0.3, -0.25) is 19.5 Å². The molecule has 0 unspecified atom stereocenters. The van der Waals surface area contributed by atoms with E-state index < -0.39 is 17.6 Å². The van der Waals surface area contributed by atoms with Crippen LogP contribution in [0.1, 0.15) is 32.4 Å². The van der Waals surface area contributed by atoms with Gasteiger partial charge >= 0.3 is 0 Å². The standard InChI is InChI=1S/C16H14ClFN6O2/c1-7-8(2)22-16(21-7)23-15(26)13-11(14(19)25)20-6-24(13)12-9(17)4-3-5-10(12)18/h3-6H,1-2H3,(H2,19,25)(H2,21,22,23,26). The van der Waals surface area contributed by atoms with Crippen LogP contribution >= 0.6 is 11.6 Å². The third kappa shape index (κ3) is 3.04. The molecule has 10 heteroatoms. The Bertz CT molecular complexity index is 986. The number of nitrogens with one attached hydrogen (secondary N) is 2. The number of aromatic nitrogens is 4. The predicted molar refractivity (Wildman–Crippen MR) is 93.1 cm³/mol. The van der Waals surface area contributed by atoms with Crippen molar-refractivity contribution in [3.05, 3.63) is 58.1 Å². The minimum absolute atomic E-state index is 0.0390. The van der Waals surface area contributed by atoms with Gasteiger partial charge in [-0.2, -0.15) is 0 Å². The minimum Gasteiger partial charge on any atom is -0.364 e. The summed E-state index contributed by atoms with van der Waals surface area (Å²) in [6.45, 7) is 3.55. The number of hydrogen-bond acceptors (Lipinski definition) is 4. The first-order chi connectivity index (χ1) is 12.3. The fraction of sp³-hybridized carbons (Fsp3) is 0.125. The number of anilines is 1. The summed E-state index contributed by atoms with van der Waals surface area (Å²) < 4.78 is 15.4. The van der Waals surface area contributed by atoms with Gasteiger partial charge in [0.2, 0.25) is 5.95 Å². The van der Waals surface area contributed by atoms with Crippen molar-refractivity contribution in [2.45, 2.75) is 13.8 Å². The van der Waals surface area contributed by atoms with Gasteiger partial charge in [0.25, 0.3) is 11.8 Å².